The summed E-state index contributed by atoms with van der Waals surface area (Å²) in [5.74, 6) is -0.898. The van der Waals surface area contributed by atoms with Crippen molar-refractivity contribution in [2.75, 3.05) is 0 Å². The summed E-state index contributed by atoms with van der Waals surface area (Å²) in [7, 11) is 0. The molecule has 2 N–H and O–H groups in total. The van der Waals surface area contributed by atoms with Crippen molar-refractivity contribution >= 4 is 33.7 Å². The Balaban J connectivity index is 1.93. The smallest absolute Gasteiger partial charge is 0.235 e. The lowest BCUT2D eigenvalue weighted by atomic mass is 9.92. The lowest BCUT2D eigenvalue weighted by Gasteiger charge is -2.19. The van der Waals surface area contributed by atoms with Crippen LogP contribution in [0.2, 0.25) is 0 Å². The van der Waals surface area contributed by atoms with E-state index in [1.54, 1.807) is 6.20 Å². The highest BCUT2D eigenvalue weighted by molar-refractivity contribution is 6.09. The lowest BCUT2D eigenvalue weighted by molar-refractivity contribution is -0.134. The molecular formula is C14H11N3O3. The average molecular weight is 269 g/mol. The Kier molecular flexibility index (Phi) is 2.20. The van der Waals surface area contributed by atoms with Gasteiger partial charge in [-0.1, -0.05) is 0 Å². The van der Waals surface area contributed by atoms with Crippen LogP contribution >= 0.6 is 0 Å². The molecule has 4 rings (SSSR count). The van der Waals surface area contributed by atoms with Crippen molar-refractivity contribution in [3.05, 3.63) is 30.1 Å². The van der Waals surface area contributed by atoms with Crippen LogP contribution in [-0.4, -0.2) is 22.0 Å². The zero-order valence-electron chi connectivity index (χ0n) is 10.5. The van der Waals surface area contributed by atoms with Crippen molar-refractivity contribution in [1.29, 1.82) is 0 Å². The van der Waals surface area contributed by atoms with Crippen molar-refractivity contribution in [2.24, 2.45) is 0 Å². The molecule has 1 aliphatic rings. The minimum Gasteiger partial charge on any atom is -0.382 e. The second kappa shape index (κ2) is 3.93. The largest absolute Gasteiger partial charge is 0.382 e. The molecule has 3 aromatic rings. The molecule has 1 fully saturated rings. The predicted molar refractivity (Wildman–Crippen MR) is 71.0 cm³/mol. The monoisotopic (exact) mass is 269 g/mol. The van der Waals surface area contributed by atoms with E-state index in [1.165, 1.54) is 0 Å². The van der Waals surface area contributed by atoms with Crippen LogP contribution in [0.3, 0.4) is 0 Å². The third kappa shape index (κ3) is 1.48. The maximum atomic E-state index is 12.0. The van der Waals surface area contributed by atoms with Crippen molar-refractivity contribution in [3.8, 4) is 0 Å². The number of hydrogen-bond acceptors (Lipinski definition) is 4. The number of hydrogen-bond donors (Lipinski definition) is 2. The molecule has 0 radical (unpaired) electrons. The van der Waals surface area contributed by atoms with Gasteiger partial charge in [0.15, 0.2) is 5.58 Å². The topological polar surface area (TPSA) is 88.0 Å². The predicted octanol–water partition coefficient (Wildman–Crippen LogP) is 1.83. The number of benzene rings is 1. The SMILES string of the molecule is O=C1CC[C@@H](c2[nH]oc3ccc4nccc4c23)C(=O)N1. The number of fused-ring (bicyclic) bond motifs is 3. The Morgan fingerprint density at radius 1 is 1.25 bits per heavy atom. The van der Waals surface area contributed by atoms with E-state index in [-0.39, 0.29) is 11.8 Å². The average Bonchev–Trinajstić information content (AvgIpc) is 3.03. The highest BCUT2D eigenvalue weighted by Gasteiger charge is 2.31. The van der Waals surface area contributed by atoms with Crippen molar-refractivity contribution < 1.29 is 14.1 Å². The fraction of sp³-hybridized carbons (Fsp3) is 0.214. The van der Waals surface area contributed by atoms with Gasteiger partial charge in [-0.2, -0.15) is 0 Å². The minimum absolute atomic E-state index is 0.223. The molecule has 20 heavy (non-hydrogen) atoms. The first-order valence-electron chi connectivity index (χ1n) is 6.42. The summed E-state index contributed by atoms with van der Waals surface area (Å²) in [5, 5.41) is 7.03. The molecular weight excluding hydrogens is 258 g/mol. The highest BCUT2D eigenvalue weighted by Crippen LogP contribution is 2.34. The van der Waals surface area contributed by atoms with Gasteiger partial charge in [0.05, 0.1) is 22.5 Å². The molecule has 1 aromatic carbocycles. The summed E-state index contributed by atoms with van der Waals surface area (Å²) in [6, 6.07) is 5.61. The van der Waals surface area contributed by atoms with Crippen molar-refractivity contribution in [3.63, 3.8) is 0 Å². The van der Waals surface area contributed by atoms with E-state index in [0.717, 1.165) is 16.3 Å². The Hall–Kier alpha value is -2.63. The Labute approximate surface area is 113 Å². The first-order valence-corrected chi connectivity index (χ1v) is 6.42. The number of aromatic amines is 1. The van der Waals surface area contributed by atoms with Gasteiger partial charge in [-0.3, -0.25) is 19.9 Å². The lowest BCUT2D eigenvalue weighted by Crippen LogP contribution is -2.39. The summed E-state index contributed by atoms with van der Waals surface area (Å²) in [6.07, 6.45) is 2.55. The second-order valence-corrected chi connectivity index (χ2v) is 4.94. The van der Waals surface area contributed by atoms with Crippen LogP contribution in [0.5, 0.6) is 0 Å². The Morgan fingerprint density at radius 3 is 3.00 bits per heavy atom. The number of nitrogens with zero attached hydrogens (tertiary/aromatic N) is 1. The van der Waals surface area contributed by atoms with E-state index in [0.29, 0.717) is 24.1 Å². The number of nitrogens with one attached hydrogen (secondary N) is 2. The number of carbonyl (C=O) groups excluding carboxylic acids is 2. The van der Waals surface area contributed by atoms with Gasteiger partial charge in [-0.15, -0.1) is 0 Å². The Morgan fingerprint density at radius 2 is 2.15 bits per heavy atom. The van der Waals surface area contributed by atoms with Crippen LogP contribution in [0.15, 0.2) is 28.9 Å². The van der Waals surface area contributed by atoms with E-state index in [1.807, 2.05) is 18.2 Å². The molecule has 0 aliphatic carbocycles. The van der Waals surface area contributed by atoms with Crippen molar-refractivity contribution in [2.45, 2.75) is 18.8 Å². The number of amides is 2. The third-order valence-corrected chi connectivity index (χ3v) is 3.77. The van der Waals surface area contributed by atoms with Gasteiger partial charge in [-0.25, -0.2) is 5.16 Å². The van der Waals surface area contributed by atoms with Gasteiger partial charge in [0.25, 0.3) is 0 Å². The fourth-order valence-corrected chi connectivity index (χ4v) is 2.80. The maximum Gasteiger partial charge on any atom is 0.235 e. The van der Waals surface area contributed by atoms with E-state index in [4.69, 9.17) is 4.52 Å². The van der Waals surface area contributed by atoms with Crippen LogP contribution in [0.1, 0.15) is 24.5 Å². The second-order valence-electron chi connectivity index (χ2n) is 4.94. The number of rotatable bonds is 1. The summed E-state index contributed by atoms with van der Waals surface area (Å²) >= 11 is 0. The number of aromatic nitrogens is 2. The molecule has 1 atom stereocenters. The molecule has 1 saturated heterocycles. The molecule has 100 valence electrons. The molecule has 1 aliphatic heterocycles. The summed E-state index contributed by atoms with van der Waals surface area (Å²) in [6.45, 7) is 0. The zero-order chi connectivity index (χ0) is 13.7. The summed E-state index contributed by atoms with van der Waals surface area (Å²) in [4.78, 5) is 27.5. The summed E-state index contributed by atoms with van der Waals surface area (Å²) < 4.78 is 5.44. The quantitative estimate of drug-likeness (QED) is 0.660. The highest BCUT2D eigenvalue weighted by atomic mass is 16.5. The first kappa shape index (κ1) is 11.2. The Bertz CT molecular complexity index is 846. The molecule has 3 heterocycles. The van der Waals surface area contributed by atoms with Crippen LogP contribution in [0.4, 0.5) is 0 Å². The number of piperidine rings is 1. The van der Waals surface area contributed by atoms with Gasteiger partial charge >= 0.3 is 0 Å². The number of H-pyrrole nitrogens is 1. The normalized spacial score (nSPS) is 19.7. The molecule has 2 aromatic heterocycles. The van der Waals surface area contributed by atoms with Gasteiger partial charge in [0.1, 0.15) is 0 Å². The van der Waals surface area contributed by atoms with Crippen LogP contribution in [-0.2, 0) is 9.59 Å². The standard InChI is InChI=1S/C14H11N3O3/c18-11-4-1-8(14(19)16-11)13-12-7-5-6-15-9(7)2-3-10(12)20-17-13/h2-3,5-6,8,17H,1,4H2,(H,16,18,19)/t8-/m0/s1. The molecule has 6 heteroatoms. The van der Waals surface area contributed by atoms with E-state index in [2.05, 4.69) is 15.5 Å². The molecule has 2 amide bonds. The number of carbonyl (C=O) groups is 2. The summed E-state index contributed by atoms with van der Waals surface area (Å²) in [5.41, 5.74) is 2.26. The molecule has 6 nitrogen and oxygen atoms in total. The van der Waals surface area contributed by atoms with Crippen LogP contribution in [0, 0.1) is 0 Å². The molecule has 0 unspecified atom stereocenters. The molecule has 0 bridgehead atoms. The first-order chi connectivity index (χ1) is 9.74. The third-order valence-electron chi connectivity index (χ3n) is 3.77. The van der Waals surface area contributed by atoms with E-state index in [9.17, 15) is 9.59 Å². The fourth-order valence-electron chi connectivity index (χ4n) is 2.80. The van der Waals surface area contributed by atoms with Gasteiger partial charge in [0, 0.05) is 18.0 Å². The van der Waals surface area contributed by atoms with Gasteiger partial charge in [-0.05, 0) is 24.6 Å². The zero-order valence-corrected chi connectivity index (χ0v) is 10.5. The van der Waals surface area contributed by atoms with E-state index >= 15 is 0 Å². The number of imide groups is 1. The van der Waals surface area contributed by atoms with Gasteiger partial charge in [0.2, 0.25) is 11.8 Å². The van der Waals surface area contributed by atoms with Crippen molar-refractivity contribution in [1.82, 2.24) is 15.5 Å². The van der Waals surface area contributed by atoms with E-state index < -0.39 is 5.92 Å². The van der Waals surface area contributed by atoms with Crippen LogP contribution < -0.4 is 5.32 Å². The van der Waals surface area contributed by atoms with Crippen LogP contribution in [0.25, 0.3) is 21.9 Å². The van der Waals surface area contributed by atoms with Gasteiger partial charge < -0.3 is 4.52 Å². The maximum absolute atomic E-state index is 12.0. The molecule has 0 spiro atoms. The molecule has 0 saturated carbocycles. The minimum atomic E-state index is -0.394.